The first kappa shape index (κ1) is 10.1. The largest absolute Gasteiger partial charge is 0.371 e. The second kappa shape index (κ2) is 4.43. The third kappa shape index (κ3) is 2.16. The molecular formula is C11H14BrNO. The molecule has 0 unspecified atom stereocenters. The van der Waals surface area contributed by atoms with Crippen LogP contribution in [0, 0.1) is 0 Å². The third-order valence-electron chi connectivity index (χ3n) is 2.52. The van der Waals surface area contributed by atoms with Gasteiger partial charge in [-0.25, -0.2) is 0 Å². The number of hydrogen-bond donors (Lipinski definition) is 1. The molecule has 3 heteroatoms. The Morgan fingerprint density at radius 1 is 1.36 bits per heavy atom. The molecule has 76 valence electrons. The zero-order valence-electron chi connectivity index (χ0n) is 8.16. The molecule has 1 aliphatic rings. The molecule has 1 aliphatic heterocycles. The summed E-state index contributed by atoms with van der Waals surface area (Å²) in [4.78, 5) is 0. The van der Waals surface area contributed by atoms with Crippen LogP contribution in [0.15, 0.2) is 28.7 Å². The minimum absolute atomic E-state index is 0.192. The number of hydrogen-bond acceptors (Lipinski definition) is 2. The molecule has 0 aliphatic carbocycles. The molecule has 1 N–H and O–H groups in total. The minimum Gasteiger partial charge on any atom is -0.371 e. The molecule has 2 rings (SSSR count). The number of benzene rings is 1. The molecule has 0 amide bonds. The lowest BCUT2D eigenvalue weighted by Gasteiger charge is -2.30. The van der Waals surface area contributed by atoms with Crippen molar-refractivity contribution in [2.45, 2.75) is 19.1 Å². The van der Waals surface area contributed by atoms with Gasteiger partial charge in [0.25, 0.3) is 0 Å². The molecule has 1 fully saturated rings. The SMILES string of the molecule is C[C@@H]1NCCO[C@@H]1c1ccc(Br)cc1. The fourth-order valence-corrected chi connectivity index (χ4v) is 2.03. The van der Waals surface area contributed by atoms with Crippen molar-refractivity contribution in [2.75, 3.05) is 13.2 Å². The number of nitrogens with one attached hydrogen (secondary N) is 1. The van der Waals surface area contributed by atoms with E-state index in [1.54, 1.807) is 0 Å². The first-order valence-electron chi connectivity index (χ1n) is 4.88. The van der Waals surface area contributed by atoms with Gasteiger partial charge in [0, 0.05) is 17.1 Å². The van der Waals surface area contributed by atoms with Crippen molar-refractivity contribution in [3.05, 3.63) is 34.3 Å². The van der Waals surface area contributed by atoms with E-state index >= 15 is 0 Å². The first-order chi connectivity index (χ1) is 6.77. The van der Waals surface area contributed by atoms with Crippen LogP contribution in [0.25, 0.3) is 0 Å². The van der Waals surface area contributed by atoms with Crippen molar-refractivity contribution in [3.8, 4) is 0 Å². The molecule has 1 saturated heterocycles. The van der Waals surface area contributed by atoms with Gasteiger partial charge in [0.2, 0.25) is 0 Å². The Labute approximate surface area is 92.8 Å². The van der Waals surface area contributed by atoms with Gasteiger partial charge >= 0.3 is 0 Å². The Balaban J connectivity index is 2.16. The van der Waals surface area contributed by atoms with Crippen LogP contribution in [0.2, 0.25) is 0 Å². The maximum absolute atomic E-state index is 5.74. The van der Waals surface area contributed by atoms with Crippen molar-refractivity contribution in [3.63, 3.8) is 0 Å². The van der Waals surface area contributed by atoms with Gasteiger partial charge in [0.05, 0.1) is 12.7 Å². The molecule has 2 nitrogen and oxygen atoms in total. The highest BCUT2D eigenvalue weighted by Crippen LogP contribution is 2.24. The summed E-state index contributed by atoms with van der Waals surface area (Å²) in [5, 5.41) is 3.41. The van der Waals surface area contributed by atoms with Crippen LogP contribution in [0.1, 0.15) is 18.6 Å². The minimum atomic E-state index is 0.192. The second-order valence-corrected chi connectivity index (χ2v) is 4.50. The number of morpholine rings is 1. The highest BCUT2D eigenvalue weighted by atomic mass is 79.9. The van der Waals surface area contributed by atoms with Crippen molar-refractivity contribution >= 4 is 15.9 Å². The smallest absolute Gasteiger partial charge is 0.0975 e. The van der Waals surface area contributed by atoms with Crippen LogP contribution in [0.3, 0.4) is 0 Å². The Morgan fingerprint density at radius 2 is 2.07 bits per heavy atom. The lowest BCUT2D eigenvalue weighted by atomic mass is 10.0. The third-order valence-corrected chi connectivity index (χ3v) is 3.05. The summed E-state index contributed by atoms with van der Waals surface area (Å²) in [6.07, 6.45) is 0.192. The summed E-state index contributed by atoms with van der Waals surface area (Å²) in [5.74, 6) is 0. The first-order valence-corrected chi connectivity index (χ1v) is 5.67. The van der Waals surface area contributed by atoms with Crippen molar-refractivity contribution in [1.29, 1.82) is 0 Å². The molecule has 2 atom stereocenters. The molecule has 0 aromatic heterocycles. The summed E-state index contributed by atoms with van der Waals surface area (Å²) < 4.78 is 6.85. The van der Waals surface area contributed by atoms with E-state index in [-0.39, 0.29) is 6.10 Å². The van der Waals surface area contributed by atoms with Crippen molar-refractivity contribution in [1.82, 2.24) is 5.32 Å². The van der Waals surface area contributed by atoms with E-state index in [1.807, 2.05) is 0 Å². The van der Waals surface area contributed by atoms with Gasteiger partial charge in [0.1, 0.15) is 0 Å². The average molecular weight is 256 g/mol. The fraction of sp³-hybridized carbons (Fsp3) is 0.455. The van der Waals surface area contributed by atoms with Crippen LogP contribution in [-0.2, 0) is 4.74 Å². The number of ether oxygens (including phenoxy) is 1. The van der Waals surface area contributed by atoms with Gasteiger partial charge in [-0.2, -0.15) is 0 Å². The van der Waals surface area contributed by atoms with Crippen LogP contribution in [0.5, 0.6) is 0 Å². The maximum atomic E-state index is 5.74. The van der Waals surface area contributed by atoms with E-state index in [1.165, 1.54) is 5.56 Å². The highest BCUT2D eigenvalue weighted by Gasteiger charge is 2.22. The van der Waals surface area contributed by atoms with Crippen LogP contribution in [0.4, 0.5) is 0 Å². The van der Waals surface area contributed by atoms with Crippen LogP contribution in [-0.4, -0.2) is 19.2 Å². The van der Waals surface area contributed by atoms with Gasteiger partial charge in [-0.1, -0.05) is 28.1 Å². The van der Waals surface area contributed by atoms with E-state index in [9.17, 15) is 0 Å². The Bertz CT molecular complexity index is 299. The predicted molar refractivity (Wildman–Crippen MR) is 60.3 cm³/mol. The van der Waals surface area contributed by atoms with Crippen molar-refractivity contribution < 1.29 is 4.74 Å². The Morgan fingerprint density at radius 3 is 2.71 bits per heavy atom. The lowest BCUT2D eigenvalue weighted by molar-refractivity contribution is -0.000228. The fourth-order valence-electron chi connectivity index (χ4n) is 1.76. The van der Waals surface area contributed by atoms with E-state index < -0.39 is 0 Å². The zero-order valence-corrected chi connectivity index (χ0v) is 9.75. The molecule has 0 saturated carbocycles. The van der Waals surface area contributed by atoms with Crippen LogP contribution < -0.4 is 5.32 Å². The second-order valence-electron chi connectivity index (χ2n) is 3.59. The number of halogens is 1. The monoisotopic (exact) mass is 255 g/mol. The lowest BCUT2D eigenvalue weighted by Crippen LogP contribution is -2.41. The molecule has 14 heavy (non-hydrogen) atoms. The van der Waals surface area contributed by atoms with Gasteiger partial charge in [-0.05, 0) is 24.6 Å². The summed E-state index contributed by atoms with van der Waals surface area (Å²) in [7, 11) is 0. The maximum Gasteiger partial charge on any atom is 0.0975 e. The molecule has 0 spiro atoms. The molecular weight excluding hydrogens is 242 g/mol. The summed E-state index contributed by atoms with van der Waals surface area (Å²) in [6, 6.07) is 8.72. The normalized spacial score (nSPS) is 27.6. The standard InChI is InChI=1S/C11H14BrNO/c1-8-11(14-7-6-13-8)9-2-4-10(12)5-3-9/h2-5,8,11,13H,6-7H2,1H3/t8-,11-/m0/s1. The number of rotatable bonds is 1. The average Bonchev–Trinajstić information content (AvgIpc) is 2.20. The highest BCUT2D eigenvalue weighted by molar-refractivity contribution is 9.10. The van der Waals surface area contributed by atoms with Crippen molar-refractivity contribution in [2.24, 2.45) is 0 Å². The summed E-state index contributed by atoms with van der Waals surface area (Å²) >= 11 is 3.43. The quantitative estimate of drug-likeness (QED) is 0.833. The molecule has 1 aromatic rings. The van der Waals surface area contributed by atoms with E-state index in [0.29, 0.717) is 6.04 Å². The summed E-state index contributed by atoms with van der Waals surface area (Å²) in [6.45, 7) is 3.91. The molecule has 1 heterocycles. The van der Waals surface area contributed by atoms with Gasteiger partial charge < -0.3 is 10.1 Å². The molecule has 1 aromatic carbocycles. The zero-order chi connectivity index (χ0) is 9.97. The topological polar surface area (TPSA) is 21.3 Å². The van der Waals surface area contributed by atoms with E-state index in [4.69, 9.17) is 4.74 Å². The van der Waals surface area contributed by atoms with E-state index in [0.717, 1.165) is 17.6 Å². The van der Waals surface area contributed by atoms with Crippen LogP contribution >= 0.6 is 15.9 Å². The van der Waals surface area contributed by atoms with Gasteiger partial charge in [0.15, 0.2) is 0 Å². The predicted octanol–water partition coefficient (Wildman–Crippen LogP) is 2.50. The molecule has 0 bridgehead atoms. The molecule has 0 radical (unpaired) electrons. The van der Waals surface area contributed by atoms with Gasteiger partial charge in [-0.15, -0.1) is 0 Å². The Hall–Kier alpha value is -0.380. The van der Waals surface area contributed by atoms with E-state index in [2.05, 4.69) is 52.4 Å². The Kier molecular flexibility index (Phi) is 3.21. The van der Waals surface area contributed by atoms with Gasteiger partial charge in [-0.3, -0.25) is 0 Å². The summed E-state index contributed by atoms with van der Waals surface area (Å²) in [5.41, 5.74) is 1.24.